The lowest BCUT2D eigenvalue weighted by molar-refractivity contribution is 0.239. The van der Waals surface area contributed by atoms with Crippen molar-refractivity contribution in [3.8, 4) is 5.75 Å². The molecule has 0 fully saturated rings. The normalized spacial score (nSPS) is 20.2. The number of rotatable bonds is 1. The van der Waals surface area contributed by atoms with E-state index in [4.69, 9.17) is 10.4 Å². The Hall–Kier alpha value is -0.995. The van der Waals surface area contributed by atoms with E-state index in [1.807, 2.05) is 6.07 Å². The first-order valence-corrected chi connectivity index (χ1v) is 3.83. The van der Waals surface area contributed by atoms with Crippen LogP contribution in [0.5, 0.6) is 5.75 Å². The molecular weight excluding hydrogens is 153 g/mol. The van der Waals surface area contributed by atoms with Crippen molar-refractivity contribution in [2.24, 2.45) is 5.73 Å². The average Bonchev–Trinajstić information content (AvgIpc) is 2.49. The predicted molar refractivity (Wildman–Crippen MR) is 46.4 cm³/mol. The van der Waals surface area contributed by atoms with Crippen LogP contribution in [0.25, 0.3) is 0 Å². The highest BCUT2D eigenvalue weighted by atomic mass is 16.4. The lowest BCUT2D eigenvalue weighted by Crippen LogP contribution is -2.12. The molecule has 61 valence electrons. The molecule has 1 heterocycles. The minimum atomic E-state index is -0.179. The van der Waals surface area contributed by atoms with Crippen molar-refractivity contribution < 1.29 is 9.76 Å². The summed E-state index contributed by atoms with van der Waals surface area (Å²) in [6.07, 6.45) is -0.179. The minimum absolute atomic E-state index is 0.179. The minimum Gasteiger partial charge on any atom is -0.508 e. The highest BCUT2D eigenvalue weighted by Gasteiger charge is 2.25. The summed E-state index contributed by atoms with van der Waals surface area (Å²) in [6.45, 7) is 0.390. The summed E-state index contributed by atoms with van der Waals surface area (Å²) in [5.74, 6) is 0.261. The smallest absolute Gasteiger partial charge is 0.331 e. The van der Waals surface area contributed by atoms with Crippen LogP contribution in [0.15, 0.2) is 18.2 Å². The molecule has 0 amide bonds. The van der Waals surface area contributed by atoms with Crippen LogP contribution < -0.4 is 11.2 Å². The molecule has 3 N–H and O–H groups in total. The van der Waals surface area contributed by atoms with Gasteiger partial charge in [-0.1, -0.05) is 12.1 Å². The molecule has 2 rings (SSSR count). The molecule has 1 atom stereocenters. The van der Waals surface area contributed by atoms with Gasteiger partial charge in [-0.25, -0.2) is 0 Å². The maximum absolute atomic E-state index is 9.48. The molecule has 1 aliphatic heterocycles. The fraction of sp³-hybridized carbons (Fsp3) is 0.250. The second-order valence-corrected chi connectivity index (χ2v) is 2.76. The van der Waals surface area contributed by atoms with Gasteiger partial charge in [-0.05, 0) is 11.5 Å². The molecule has 0 aromatic heterocycles. The maximum atomic E-state index is 9.48. The van der Waals surface area contributed by atoms with Gasteiger partial charge in [-0.3, -0.25) is 0 Å². The Labute approximate surface area is 71.4 Å². The molecule has 1 aromatic rings. The third-order valence-electron chi connectivity index (χ3n) is 2.01. The quantitative estimate of drug-likeness (QED) is 0.555. The van der Waals surface area contributed by atoms with Crippen molar-refractivity contribution in [1.82, 2.24) is 0 Å². The summed E-state index contributed by atoms with van der Waals surface area (Å²) >= 11 is 0. The van der Waals surface area contributed by atoms with E-state index >= 15 is 0 Å². The fourth-order valence-corrected chi connectivity index (χ4v) is 1.42. The third-order valence-corrected chi connectivity index (χ3v) is 2.01. The number of phenolic OH excluding ortho intramolecular Hbond substituents is 1. The molecule has 0 saturated carbocycles. The van der Waals surface area contributed by atoms with Crippen molar-refractivity contribution in [2.75, 3.05) is 6.54 Å². The van der Waals surface area contributed by atoms with Crippen LogP contribution in [0.4, 0.5) is 0 Å². The van der Waals surface area contributed by atoms with Gasteiger partial charge >= 0.3 is 7.48 Å². The number of benzene rings is 1. The number of aromatic hydroxyl groups is 1. The van der Waals surface area contributed by atoms with Gasteiger partial charge in [0.1, 0.15) is 5.75 Å². The first kappa shape index (κ1) is 7.64. The molecule has 1 radical (unpaired) electrons. The van der Waals surface area contributed by atoms with Crippen molar-refractivity contribution in [2.45, 2.75) is 6.10 Å². The number of fused-ring (bicyclic) bond motifs is 1. The standard InChI is InChI=1S/C8H9BNO2/c10-4-7-8-5(9-12-7)2-1-3-6(8)11/h1-3,7,11H,4,10H2/t7-/m0/s1. The first-order chi connectivity index (χ1) is 5.83. The van der Waals surface area contributed by atoms with Gasteiger partial charge in [0.2, 0.25) is 0 Å². The van der Waals surface area contributed by atoms with E-state index in [2.05, 4.69) is 0 Å². The second kappa shape index (κ2) is 2.81. The van der Waals surface area contributed by atoms with E-state index < -0.39 is 0 Å². The van der Waals surface area contributed by atoms with Crippen molar-refractivity contribution in [1.29, 1.82) is 0 Å². The van der Waals surface area contributed by atoms with E-state index in [0.29, 0.717) is 6.54 Å². The van der Waals surface area contributed by atoms with Crippen molar-refractivity contribution in [3.05, 3.63) is 23.8 Å². The molecule has 0 unspecified atom stereocenters. The fourth-order valence-electron chi connectivity index (χ4n) is 1.42. The number of hydrogen-bond acceptors (Lipinski definition) is 3. The van der Waals surface area contributed by atoms with E-state index in [1.165, 1.54) is 0 Å². The van der Waals surface area contributed by atoms with Gasteiger partial charge in [0.05, 0.1) is 6.10 Å². The molecular formula is C8H9BNO2. The van der Waals surface area contributed by atoms with Crippen LogP contribution >= 0.6 is 0 Å². The summed E-state index contributed by atoms with van der Waals surface area (Å²) in [7, 11) is 1.63. The molecule has 4 heteroatoms. The number of nitrogens with two attached hydrogens (primary N) is 1. The summed E-state index contributed by atoms with van der Waals surface area (Å²) < 4.78 is 5.24. The molecule has 0 bridgehead atoms. The molecule has 0 saturated heterocycles. The lowest BCUT2D eigenvalue weighted by atomic mass is 9.86. The number of phenols is 1. The molecule has 1 aliphatic rings. The number of hydrogen-bond donors (Lipinski definition) is 2. The largest absolute Gasteiger partial charge is 0.508 e. The zero-order valence-corrected chi connectivity index (χ0v) is 6.53. The van der Waals surface area contributed by atoms with Gasteiger partial charge in [-0.15, -0.1) is 0 Å². The second-order valence-electron chi connectivity index (χ2n) is 2.76. The van der Waals surface area contributed by atoms with Crippen LogP contribution in [0.1, 0.15) is 11.7 Å². The van der Waals surface area contributed by atoms with Crippen LogP contribution in [0.3, 0.4) is 0 Å². The van der Waals surface area contributed by atoms with E-state index in [9.17, 15) is 5.11 Å². The van der Waals surface area contributed by atoms with Crippen molar-refractivity contribution >= 4 is 12.9 Å². The Kier molecular flexibility index (Phi) is 1.79. The van der Waals surface area contributed by atoms with Crippen LogP contribution in [-0.2, 0) is 4.65 Å². The van der Waals surface area contributed by atoms with Crippen LogP contribution in [0, 0.1) is 0 Å². The monoisotopic (exact) mass is 162 g/mol. The van der Waals surface area contributed by atoms with E-state index in [1.54, 1.807) is 19.6 Å². The van der Waals surface area contributed by atoms with Gasteiger partial charge in [-0.2, -0.15) is 0 Å². The molecule has 12 heavy (non-hydrogen) atoms. The van der Waals surface area contributed by atoms with E-state index in [0.717, 1.165) is 11.0 Å². The Balaban J connectivity index is 2.48. The Morgan fingerprint density at radius 3 is 3.17 bits per heavy atom. The van der Waals surface area contributed by atoms with Crippen LogP contribution in [-0.4, -0.2) is 19.1 Å². The Morgan fingerprint density at radius 2 is 2.42 bits per heavy atom. The van der Waals surface area contributed by atoms with Gasteiger partial charge in [0, 0.05) is 12.1 Å². The van der Waals surface area contributed by atoms with Gasteiger partial charge in [0.15, 0.2) is 0 Å². The highest BCUT2D eigenvalue weighted by Crippen LogP contribution is 2.27. The SMILES string of the molecule is NC[C@@H]1O[B]c2cccc(O)c21. The van der Waals surface area contributed by atoms with Crippen molar-refractivity contribution in [3.63, 3.8) is 0 Å². The summed E-state index contributed by atoms with van der Waals surface area (Å²) in [5, 5.41) is 9.48. The molecule has 1 aromatic carbocycles. The first-order valence-electron chi connectivity index (χ1n) is 3.83. The molecule has 0 aliphatic carbocycles. The van der Waals surface area contributed by atoms with E-state index in [-0.39, 0.29) is 11.9 Å². The third kappa shape index (κ3) is 1.00. The average molecular weight is 162 g/mol. The van der Waals surface area contributed by atoms with Crippen LogP contribution in [0.2, 0.25) is 0 Å². The van der Waals surface area contributed by atoms with Gasteiger partial charge in [0.25, 0.3) is 0 Å². The highest BCUT2D eigenvalue weighted by molar-refractivity contribution is 6.49. The summed E-state index contributed by atoms with van der Waals surface area (Å²) in [6, 6.07) is 5.32. The predicted octanol–water partition coefficient (Wildman–Crippen LogP) is -0.333. The maximum Gasteiger partial charge on any atom is 0.331 e. The summed E-state index contributed by atoms with van der Waals surface area (Å²) in [5.41, 5.74) is 7.19. The topological polar surface area (TPSA) is 55.5 Å². The molecule has 0 spiro atoms. The Morgan fingerprint density at radius 1 is 1.58 bits per heavy atom. The zero-order valence-electron chi connectivity index (χ0n) is 6.53. The zero-order chi connectivity index (χ0) is 8.55. The Bertz CT molecular complexity index is 303. The lowest BCUT2D eigenvalue weighted by Gasteiger charge is -2.09. The molecule has 3 nitrogen and oxygen atoms in total. The van der Waals surface area contributed by atoms with Gasteiger partial charge < -0.3 is 15.5 Å². The summed E-state index contributed by atoms with van der Waals surface area (Å²) in [4.78, 5) is 0.